The van der Waals surface area contributed by atoms with Crippen LogP contribution in [0, 0.1) is 0 Å². The van der Waals surface area contributed by atoms with E-state index in [4.69, 9.17) is 14.2 Å². The molecule has 236 valence electrons. The van der Waals surface area contributed by atoms with Crippen molar-refractivity contribution in [2.24, 2.45) is 0 Å². The van der Waals surface area contributed by atoms with Gasteiger partial charge in [-0.2, -0.15) is 13.2 Å². The van der Waals surface area contributed by atoms with Crippen molar-refractivity contribution in [2.75, 3.05) is 6.61 Å². The Morgan fingerprint density at radius 1 is 0.761 bits per heavy atom. The van der Waals surface area contributed by atoms with Gasteiger partial charge in [-0.05, 0) is 22.3 Å². The Morgan fingerprint density at radius 3 is 1.76 bits per heavy atom. The van der Waals surface area contributed by atoms with Gasteiger partial charge in [0.1, 0.15) is 23.5 Å². The summed E-state index contributed by atoms with van der Waals surface area (Å²) < 4.78 is 61.1. The average Bonchev–Trinajstić information content (AvgIpc) is 3.48. The Hall–Kier alpha value is -4.77. The number of nitrogens with one attached hydrogen (secondary N) is 1. The summed E-state index contributed by atoms with van der Waals surface area (Å²) in [7, 11) is 0. The molecule has 5 aromatic rings. The van der Waals surface area contributed by atoms with Gasteiger partial charge >= 0.3 is 11.9 Å². The van der Waals surface area contributed by atoms with Crippen LogP contribution in [0.1, 0.15) is 40.5 Å². The van der Waals surface area contributed by atoms with Crippen LogP contribution in [-0.4, -0.2) is 28.4 Å². The van der Waals surface area contributed by atoms with E-state index in [2.05, 4.69) is 0 Å². The van der Waals surface area contributed by atoms with Gasteiger partial charge in [-0.15, -0.1) is 0 Å². The lowest BCUT2D eigenvalue weighted by Gasteiger charge is -2.37. The van der Waals surface area contributed by atoms with Crippen molar-refractivity contribution in [2.45, 2.75) is 43.2 Å². The molecule has 10 heteroatoms. The zero-order valence-electron chi connectivity index (χ0n) is 24.6. The second kappa shape index (κ2) is 13.3. The highest BCUT2D eigenvalue weighted by Crippen LogP contribution is 2.42. The fourth-order valence-corrected chi connectivity index (χ4v) is 5.85. The van der Waals surface area contributed by atoms with Gasteiger partial charge in [0.25, 0.3) is 5.56 Å². The predicted molar refractivity (Wildman–Crippen MR) is 165 cm³/mol. The van der Waals surface area contributed by atoms with E-state index in [-0.39, 0.29) is 19.6 Å². The van der Waals surface area contributed by atoms with Crippen molar-refractivity contribution in [3.05, 3.63) is 176 Å². The van der Waals surface area contributed by atoms with E-state index >= 15 is 0 Å². The Kier molecular flexibility index (Phi) is 9.03. The van der Waals surface area contributed by atoms with Crippen LogP contribution in [0.3, 0.4) is 0 Å². The summed E-state index contributed by atoms with van der Waals surface area (Å²) in [6.45, 7) is 0.159. The van der Waals surface area contributed by atoms with Crippen LogP contribution in [0.25, 0.3) is 0 Å². The number of alkyl halides is 3. The minimum absolute atomic E-state index is 0.0408. The molecule has 0 bridgehead atoms. The molecule has 1 aliphatic heterocycles. The number of aromatic amines is 1. The normalized spacial score (nSPS) is 18.5. The third-order valence-electron chi connectivity index (χ3n) is 8.08. The second-order valence-corrected chi connectivity index (χ2v) is 11.0. The molecular weight excluding hydrogens is 597 g/mol. The maximum atomic E-state index is 13.6. The number of halogens is 3. The highest BCUT2D eigenvalue weighted by molar-refractivity contribution is 5.47. The quantitative estimate of drug-likeness (QED) is 0.180. The van der Waals surface area contributed by atoms with E-state index in [9.17, 15) is 22.8 Å². The smallest absolute Gasteiger partial charge is 0.371 e. The SMILES string of the molecule is O=c1[nH]c(=O)n([C@@H]2CC(OCc3ccccc3)[C@H](COC(c3ccccc3)(c3ccccc3)c3ccccc3)O2)cc1C(F)(F)F. The molecule has 1 saturated heterocycles. The summed E-state index contributed by atoms with van der Waals surface area (Å²) in [6, 6.07) is 38.6. The molecule has 7 nitrogen and oxygen atoms in total. The molecule has 6 rings (SSSR count). The Balaban J connectivity index is 1.38. The van der Waals surface area contributed by atoms with Gasteiger partial charge in [0.15, 0.2) is 0 Å². The predicted octanol–water partition coefficient (Wildman–Crippen LogP) is 6.44. The minimum Gasteiger partial charge on any atom is -0.371 e. The van der Waals surface area contributed by atoms with Crippen LogP contribution in [0.2, 0.25) is 0 Å². The van der Waals surface area contributed by atoms with Crippen molar-refractivity contribution in [3.8, 4) is 0 Å². The molecule has 1 fully saturated rings. The molecule has 0 radical (unpaired) electrons. The first-order valence-corrected chi connectivity index (χ1v) is 14.8. The molecule has 46 heavy (non-hydrogen) atoms. The molecule has 1 aromatic heterocycles. The van der Waals surface area contributed by atoms with Gasteiger partial charge in [-0.25, -0.2) is 4.79 Å². The Labute approximate surface area is 262 Å². The fraction of sp³-hybridized carbons (Fsp3) is 0.222. The van der Waals surface area contributed by atoms with Crippen molar-refractivity contribution < 1.29 is 27.4 Å². The molecule has 2 heterocycles. The van der Waals surface area contributed by atoms with E-state index in [1.165, 1.54) is 0 Å². The minimum atomic E-state index is -4.96. The Morgan fingerprint density at radius 2 is 1.26 bits per heavy atom. The highest BCUT2D eigenvalue weighted by Gasteiger charge is 2.43. The molecule has 4 aromatic carbocycles. The third kappa shape index (κ3) is 6.46. The van der Waals surface area contributed by atoms with Crippen LogP contribution < -0.4 is 11.2 Å². The average molecular weight is 629 g/mol. The molecule has 1 N–H and O–H groups in total. The third-order valence-corrected chi connectivity index (χ3v) is 8.08. The zero-order chi connectivity index (χ0) is 32.1. The van der Waals surface area contributed by atoms with Crippen LogP contribution in [0.4, 0.5) is 13.2 Å². The number of benzene rings is 4. The first kappa shape index (κ1) is 31.2. The van der Waals surface area contributed by atoms with E-state index in [1.807, 2.05) is 121 Å². The van der Waals surface area contributed by atoms with Crippen molar-refractivity contribution >= 4 is 0 Å². The number of hydrogen-bond donors (Lipinski definition) is 1. The number of ether oxygens (including phenoxy) is 3. The first-order valence-electron chi connectivity index (χ1n) is 14.8. The van der Waals surface area contributed by atoms with Crippen molar-refractivity contribution in [1.82, 2.24) is 9.55 Å². The summed E-state index contributed by atoms with van der Waals surface area (Å²) >= 11 is 0. The van der Waals surface area contributed by atoms with Crippen LogP contribution >= 0.6 is 0 Å². The summed E-state index contributed by atoms with van der Waals surface area (Å²) in [5.74, 6) is 0. The van der Waals surface area contributed by atoms with E-state index < -0.39 is 47.0 Å². The first-order chi connectivity index (χ1) is 22.3. The highest BCUT2D eigenvalue weighted by atomic mass is 19.4. The summed E-state index contributed by atoms with van der Waals surface area (Å²) in [5.41, 5.74) is -1.65. The zero-order valence-corrected chi connectivity index (χ0v) is 24.6. The molecule has 0 spiro atoms. The van der Waals surface area contributed by atoms with E-state index in [0.29, 0.717) is 6.20 Å². The lowest BCUT2D eigenvalue weighted by atomic mass is 9.80. The van der Waals surface area contributed by atoms with Gasteiger partial charge < -0.3 is 14.2 Å². The number of H-pyrrole nitrogens is 1. The lowest BCUT2D eigenvalue weighted by molar-refractivity contribution is -0.140. The standard InChI is InChI=1S/C36H31F3N2O5/c37-36(38,39)29-22-41(34(43)40-33(29)42)32-21-30(44-23-25-13-5-1-6-14-25)31(46-32)24-45-35(26-15-7-2-8-16-26,27-17-9-3-10-18-27)28-19-11-4-12-20-28/h1-20,22,30-32H,21,23-24H2,(H,40,42,43)/t30?,31-,32-/m0/s1. The molecule has 3 atom stereocenters. The number of hydrogen-bond acceptors (Lipinski definition) is 5. The number of rotatable bonds is 10. The van der Waals surface area contributed by atoms with Gasteiger partial charge in [0.2, 0.25) is 0 Å². The van der Waals surface area contributed by atoms with Gasteiger partial charge in [-0.3, -0.25) is 14.3 Å². The number of aromatic nitrogens is 2. The largest absolute Gasteiger partial charge is 0.423 e. The molecule has 0 saturated carbocycles. The molecular formula is C36H31F3N2O5. The summed E-state index contributed by atoms with van der Waals surface area (Å²) in [5, 5.41) is 0. The second-order valence-electron chi connectivity index (χ2n) is 11.0. The lowest BCUT2D eigenvalue weighted by Crippen LogP contribution is -2.39. The van der Waals surface area contributed by atoms with E-state index in [0.717, 1.165) is 26.8 Å². The maximum Gasteiger partial charge on any atom is 0.423 e. The molecule has 0 aliphatic carbocycles. The number of nitrogens with zero attached hydrogens (tertiary/aromatic N) is 1. The fourth-order valence-electron chi connectivity index (χ4n) is 5.85. The van der Waals surface area contributed by atoms with Crippen LogP contribution in [0.5, 0.6) is 0 Å². The van der Waals surface area contributed by atoms with Crippen molar-refractivity contribution in [3.63, 3.8) is 0 Å². The summed E-state index contributed by atoms with van der Waals surface area (Å²) in [4.78, 5) is 26.5. The van der Waals surface area contributed by atoms with Gasteiger partial charge in [0, 0.05) is 12.6 Å². The Bertz CT molecular complexity index is 1750. The molecule has 0 amide bonds. The maximum absolute atomic E-state index is 13.6. The molecule has 1 unspecified atom stereocenters. The molecule has 1 aliphatic rings. The van der Waals surface area contributed by atoms with E-state index in [1.54, 1.807) is 4.98 Å². The van der Waals surface area contributed by atoms with Gasteiger partial charge in [0.05, 0.1) is 19.3 Å². The van der Waals surface area contributed by atoms with Crippen LogP contribution in [0.15, 0.2) is 137 Å². The monoisotopic (exact) mass is 628 g/mol. The topological polar surface area (TPSA) is 82.6 Å². The summed E-state index contributed by atoms with van der Waals surface area (Å²) in [6.07, 6.45) is -7.03. The van der Waals surface area contributed by atoms with Crippen molar-refractivity contribution in [1.29, 1.82) is 0 Å². The van der Waals surface area contributed by atoms with Gasteiger partial charge in [-0.1, -0.05) is 121 Å². The van der Waals surface area contributed by atoms with Crippen LogP contribution in [-0.2, 0) is 32.6 Å².